The first-order valence-electron chi connectivity index (χ1n) is 9.30. The van der Waals surface area contributed by atoms with Crippen LogP contribution in [-0.2, 0) is 17.8 Å². The summed E-state index contributed by atoms with van der Waals surface area (Å²) >= 11 is 0. The van der Waals surface area contributed by atoms with E-state index >= 15 is 0 Å². The first kappa shape index (κ1) is 18.5. The summed E-state index contributed by atoms with van der Waals surface area (Å²) in [4.78, 5) is 4.31. The van der Waals surface area contributed by atoms with Gasteiger partial charge in [-0.3, -0.25) is 9.67 Å². The van der Waals surface area contributed by atoms with Gasteiger partial charge in [0.05, 0.1) is 18.3 Å². The highest BCUT2D eigenvalue weighted by Gasteiger charge is 2.16. The fourth-order valence-corrected chi connectivity index (χ4v) is 3.31. The van der Waals surface area contributed by atoms with E-state index in [2.05, 4.69) is 58.4 Å². The minimum Gasteiger partial charge on any atom is -0.376 e. The second kappa shape index (κ2) is 8.85. The molecule has 0 spiro atoms. The molecular formula is C20H29N5O. The van der Waals surface area contributed by atoms with E-state index in [0.29, 0.717) is 12.6 Å². The van der Waals surface area contributed by atoms with Crippen molar-refractivity contribution in [1.29, 1.82) is 0 Å². The highest BCUT2D eigenvalue weighted by atomic mass is 16.5. The summed E-state index contributed by atoms with van der Waals surface area (Å²) in [6.07, 6.45) is 2.57. The van der Waals surface area contributed by atoms with Gasteiger partial charge in [0.2, 0.25) is 0 Å². The lowest BCUT2D eigenvalue weighted by Crippen LogP contribution is -2.40. The summed E-state index contributed by atoms with van der Waals surface area (Å²) in [6, 6.07) is 10.4. The van der Waals surface area contributed by atoms with Crippen LogP contribution < -0.4 is 10.6 Å². The van der Waals surface area contributed by atoms with Crippen molar-refractivity contribution < 1.29 is 4.74 Å². The molecule has 1 aliphatic rings. The number of benzene rings is 1. The molecule has 0 aliphatic carbocycles. The van der Waals surface area contributed by atoms with Gasteiger partial charge >= 0.3 is 0 Å². The Morgan fingerprint density at radius 2 is 2.08 bits per heavy atom. The molecule has 2 heterocycles. The van der Waals surface area contributed by atoms with Gasteiger partial charge in [0, 0.05) is 38.0 Å². The zero-order valence-corrected chi connectivity index (χ0v) is 16.0. The molecule has 1 unspecified atom stereocenters. The molecule has 0 radical (unpaired) electrons. The molecule has 2 aromatic rings. The van der Waals surface area contributed by atoms with E-state index in [1.54, 1.807) is 7.05 Å². The van der Waals surface area contributed by atoms with Crippen LogP contribution in [0.5, 0.6) is 0 Å². The maximum Gasteiger partial charge on any atom is 0.191 e. The number of nitrogens with one attached hydrogen (secondary N) is 2. The number of aliphatic imine (C=N–C) groups is 1. The minimum atomic E-state index is 0.297. The normalized spacial score (nSPS) is 17.5. The van der Waals surface area contributed by atoms with Gasteiger partial charge in [0.1, 0.15) is 0 Å². The van der Waals surface area contributed by atoms with Gasteiger partial charge in [-0.25, -0.2) is 0 Å². The Bertz CT molecular complexity index is 732. The predicted molar refractivity (Wildman–Crippen MR) is 104 cm³/mol. The summed E-state index contributed by atoms with van der Waals surface area (Å²) in [6.45, 7) is 7.36. The molecule has 6 nitrogen and oxygen atoms in total. The Hall–Kier alpha value is -2.34. The third-order valence-electron chi connectivity index (χ3n) is 4.88. The largest absolute Gasteiger partial charge is 0.376 e. The first-order chi connectivity index (χ1) is 12.7. The van der Waals surface area contributed by atoms with E-state index in [4.69, 9.17) is 9.84 Å². The van der Waals surface area contributed by atoms with Gasteiger partial charge in [0.25, 0.3) is 0 Å². The number of aromatic nitrogens is 2. The average molecular weight is 355 g/mol. The molecule has 1 aromatic carbocycles. The van der Waals surface area contributed by atoms with E-state index < -0.39 is 0 Å². The summed E-state index contributed by atoms with van der Waals surface area (Å²) in [5, 5.41) is 11.5. The van der Waals surface area contributed by atoms with Crippen molar-refractivity contribution >= 4 is 5.96 Å². The third-order valence-corrected chi connectivity index (χ3v) is 4.88. The predicted octanol–water partition coefficient (Wildman–Crippen LogP) is 2.39. The zero-order valence-electron chi connectivity index (χ0n) is 16.0. The Morgan fingerprint density at radius 1 is 1.27 bits per heavy atom. The molecule has 0 saturated carbocycles. The average Bonchev–Trinajstić information content (AvgIpc) is 3.26. The Balaban J connectivity index is 1.58. The van der Waals surface area contributed by atoms with Crippen LogP contribution in [0.15, 0.2) is 35.3 Å². The Labute approximate surface area is 155 Å². The molecule has 6 heteroatoms. The Kier molecular flexibility index (Phi) is 6.28. The number of nitrogens with zero attached hydrogens (tertiary/aromatic N) is 3. The molecule has 140 valence electrons. The van der Waals surface area contributed by atoms with Crippen molar-refractivity contribution in [2.24, 2.45) is 4.99 Å². The van der Waals surface area contributed by atoms with Gasteiger partial charge in [-0.1, -0.05) is 30.3 Å². The number of hydrogen-bond acceptors (Lipinski definition) is 3. The summed E-state index contributed by atoms with van der Waals surface area (Å²) in [5.74, 6) is 0.801. The number of guanidine groups is 1. The van der Waals surface area contributed by atoms with Crippen molar-refractivity contribution in [1.82, 2.24) is 20.4 Å². The first-order valence-corrected chi connectivity index (χ1v) is 9.30. The highest BCUT2D eigenvalue weighted by Crippen LogP contribution is 2.15. The maximum absolute atomic E-state index is 5.65. The molecular weight excluding hydrogens is 326 g/mol. The summed E-state index contributed by atoms with van der Waals surface area (Å²) in [5.41, 5.74) is 4.72. The van der Waals surface area contributed by atoms with E-state index in [1.807, 2.05) is 6.07 Å². The summed E-state index contributed by atoms with van der Waals surface area (Å²) in [7, 11) is 1.80. The Morgan fingerprint density at radius 3 is 2.77 bits per heavy atom. The van der Waals surface area contributed by atoms with Crippen molar-refractivity contribution in [2.75, 3.05) is 20.2 Å². The molecule has 1 aliphatic heterocycles. The zero-order chi connectivity index (χ0) is 18.4. The van der Waals surface area contributed by atoms with Crippen molar-refractivity contribution in [3.8, 4) is 0 Å². The van der Waals surface area contributed by atoms with Crippen molar-refractivity contribution in [3.05, 3.63) is 52.8 Å². The minimum absolute atomic E-state index is 0.297. The molecule has 1 aromatic heterocycles. The van der Waals surface area contributed by atoms with Crippen LogP contribution >= 0.6 is 0 Å². The monoisotopic (exact) mass is 355 g/mol. The second-order valence-electron chi connectivity index (χ2n) is 6.73. The van der Waals surface area contributed by atoms with Crippen molar-refractivity contribution in [2.45, 2.75) is 45.9 Å². The molecule has 26 heavy (non-hydrogen) atoms. The van der Waals surface area contributed by atoms with E-state index in [0.717, 1.165) is 44.2 Å². The maximum atomic E-state index is 5.65. The second-order valence-corrected chi connectivity index (χ2v) is 6.73. The fourth-order valence-electron chi connectivity index (χ4n) is 3.31. The topological polar surface area (TPSA) is 63.5 Å². The smallest absolute Gasteiger partial charge is 0.191 e. The quantitative estimate of drug-likeness (QED) is 0.617. The highest BCUT2D eigenvalue weighted by molar-refractivity contribution is 5.79. The number of rotatable bonds is 6. The summed E-state index contributed by atoms with van der Waals surface area (Å²) < 4.78 is 7.72. The molecule has 1 saturated heterocycles. The van der Waals surface area contributed by atoms with Crippen LogP contribution in [-0.4, -0.2) is 42.0 Å². The number of aryl methyl sites for hydroxylation is 1. The molecule has 0 bridgehead atoms. The standard InChI is InChI=1S/C20H29N5O/c1-15-19(13-23-20(21-3)22-12-18-10-7-11-26-18)16(2)25(24-15)14-17-8-5-4-6-9-17/h4-6,8-9,18H,7,10-14H2,1-3H3,(H2,21,22,23). The molecule has 1 atom stereocenters. The van der Waals surface area contributed by atoms with Crippen LogP contribution in [0.4, 0.5) is 0 Å². The van der Waals surface area contributed by atoms with Crippen LogP contribution in [0, 0.1) is 13.8 Å². The molecule has 0 amide bonds. The SMILES string of the molecule is CN=C(NCc1c(C)nn(Cc2ccccc2)c1C)NCC1CCCO1. The van der Waals surface area contributed by atoms with Gasteiger partial charge in [0.15, 0.2) is 5.96 Å². The van der Waals surface area contributed by atoms with Crippen molar-refractivity contribution in [3.63, 3.8) is 0 Å². The van der Waals surface area contributed by atoms with Gasteiger partial charge in [-0.05, 0) is 32.3 Å². The number of ether oxygens (including phenoxy) is 1. The van der Waals surface area contributed by atoms with E-state index in [9.17, 15) is 0 Å². The van der Waals surface area contributed by atoms with Crippen LogP contribution in [0.25, 0.3) is 0 Å². The van der Waals surface area contributed by atoms with Gasteiger partial charge in [-0.15, -0.1) is 0 Å². The van der Waals surface area contributed by atoms with Gasteiger partial charge < -0.3 is 15.4 Å². The lowest BCUT2D eigenvalue weighted by molar-refractivity contribution is 0.114. The molecule has 2 N–H and O–H groups in total. The van der Waals surface area contributed by atoms with Crippen LogP contribution in [0.1, 0.15) is 35.4 Å². The van der Waals surface area contributed by atoms with Gasteiger partial charge in [-0.2, -0.15) is 5.10 Å². The lowest BCUT2D eigenvalue weighted by Gasteiger charge is -2.15. The fraction of sp³-hybridized carbons (Fsp3) is 0.500. The van der Waals surface area contributed by atoms with Crippen LogP contribution in [0.3, 0.4) is 0 Å². The third kappa shape index (κ3) is 4.64. The number of hydrogen-bond donors (Lipinski definition) is 2. The van der Waals surface area contributed by atoms with Crippen LogP contribution in [0.2, 0.25) is 0 Å². The lowest BCUT2D eigenvalue weighted by atomic mass is 10.2. The molecule has 1 fully saturated rings. The van der Waals surface area contributed by atoms with E-state index in [-0.39, 0.29) is 0 Å². The van der Waals surface area contributed by atoms with E-state index in [1.165, 1.54) is 16.8 Å². The molecule has 3 rings (SSSR count).